The Balaban J connectivity index is 2.50. The molecule has 2 rings (SSSR count). The predicted octanol–water partition coefficient (Wildman–Crippen LogP) is -0.0675. The maximum Gasteiger partial charge on any atom is 0.323 e. The highest BCUT2D eigenvalue weighted by Crippen LogP contribution is 2.22. The molecule has 3 N–H and O–H groups in total. The van der Waals surface area contributed by atoms with Crippen LogP contribution in [0.2, 0.25) is 0 Å². The lowest BCUT2D eigenvalue weighted by Gasteiger charge is -2.13. The average molecular weight is 219 g/mol. The molecule has 1 aliphatic rings. The molecule has 0 saturated heterocycles. The highest BCUT2D eigenvalue weighted by molar-refractivity contribution is 6.15. The monoisotopic (exact) mass is 219 g/mol. The van der Waals surface area contributed by atoms with E-state index in [2.05, 4.69) is 21.9 Å². The van der Waals surface area contributed by atoms with Crippen LogP contribution in [0.15, 0.2) is 23.1 Å². The molecule has 0 atom stereocenters. The van der Waals surface area contributed by atoms with Crippen molar-refractivity contribution in [1.29, 1.82) is 0 Å². The smallest absolute Gasteiger partial charge is 0.323 e. The molecule has 1 aliphatic carbocycles. The highest BCUT2D eigenvalue weighted by Gasteiger charge is 2.25. The number of aromatic amines is 2. The number of rotatable bonds is 1. The molecular weight excluding hydrogens is 210 g/mol. The number of hydrogen-bond donors (Lipinski definition) is 3. The number of allylic oxidation sites excluding steroid dienone is 3. The molecule has 0 aliphatic heterocycles. The summed E-state index contributed by atoms with van der Waals surface area (Å²) in [6, 6.07) is 0. The van der Waals surface area contributed by atoms with Gasteiger partial charge in [-0.05, 0) is 11.6 Å². The molecule has 1 amide bonds. The van der Waals surface area contributed by atoms with E-state index in [4.69, 9.17) is 0 Å². The van der Waals surface area contributed by atoms with Crippen LogP contribution < -0.4 is 11.0 Å². The topological polar surface area (TPSA) is 94.8 Å². The zero-order chi connectivity index (χ0) is 11.9. The van der Waals surface area contributed by atoms with Crippen molar-refractivity contribution in [2.24, 2.45) is 0 Å². The second-order valence-corrected chi connectivity index (χ2v) is 3.42. The molecule has 0 bridgehead atoms. The van der Waals surface area contributed by atoms with Gasteiger partial charge in [-0.2, -0.15) is 0 Å². The Morgan fingerprint density at radius 3 is 2.56 bits per heavy atom. The Bertz CT molecular complexity index is 589. The molecule has 0 saturated carbocycles. The first kappa shape index (κ1) is 10.2. The molecular formula is C10H9N3O3. The van der Waals surface area contributed by atoms with Crippen molar-refractivity contribution in [2.45, 2.75) is 6.92 Å². The van der Waals surface area contributed by atoms with Crippen LogP contribution in [0.1, 0.15) is 23.1 Å². The minimum atomic E-state index is -0.475. The summed E-state index contributed by atoms with van der Waals surface area (Å²) in [5, 5.41) is 2.39. The second kappa shape index (κ2) is 3.34. The number of hydrogen-bond acceptors (Lipinski definition) is 3. The quantitative estimate of drug-likeness (QED) is 0.617. The SMILES string of the molecule is C=C1C=C(NC(C)=O)C(=O)c2[nH]c(=O)[nH]c21. The molecule has 0 radical (unpaired) electrons. The number of carbonyl (C=O) groups is 2. The van der Waals surface area contributed by atoms with E-state index in [-0.39, 0.29) is 17.3 Å². The summed E-state index contributed by atoms with van der Waals surface area (Å²) in [5.74, 6) is -0.787. The van der Waals surface area contributed by atoms with E-state index in [0.717, 1.165) is 0 Å². The Hall–Kier alpha value is -2.37. The van der Waals surface area contributed by atoms with Crippen molar-refractivity contribution in [3.8, 4) is 0 Å². The van der Waals surface area contributed by atoms with Gasteiger partial charge in [0.15, 0.2) is 0 Å². The summed E-state index contributed by atoms with van der Waals surface area (Å²) < 4.78 is 0. The van der Waals surface area contributed by atoms with Gasteiger partial charge in [0.1, 0.15) is 5.69 Å². The minimum absolute atomic E-state index is 0.111. The number of ketones is 1. The van der Waals surface area contributed by atoms with E-state index in [1.54, 1.807) is 0 Å². The van der Waals surface area contributed by atoms with E-state index in [0.29, 0.717) is 11.3 Å². The number of nitrogens with one attached hydrogen (secondary N) is 3. The first-order valence-corrected chi connectivity index (χ1v) is 4.54. The van der Waals surface area contributed by atoms with Gasteiger partial charge in [0.2, 0.25) is 11.7 Å². The molecule has 0 aromatic carbocycles. The van der Waals surface area contributed by atoms with Crippen molar-refractivity contribution >= 4 is 17.3 Å². The van der Waals surface area contributed by atoms with Crippen LogP contribution in [0.3, 0.4) is 0 Å². The molecule has 16 heavy (non-hydrogen) atoms. The van der Waals surface area contributed by atoms with Gasteiger partial charge in [0.25, 0.3) is 0 Å². The fourth-order valence-electron chi connectivity index (χ4n) is 1.52. The second-order valence-electron chi connectivity index (χ2n) is 3.42. The third kappa shape index (κ3) is 1.50. The first-order valence-electron chi connectivity index (χ1n) is 4.54. The molecule has 6 nitrogen and oxygen atoms in total. The number of H-pyrrole nitrogens is 2. The summed E-state index contributed by atoms with van der Waals surface area (Å²) in [4.78, 5) is 38.6. The standard InChI is InChI=1S/C10H9N3O3/c1-4-3-6(11-5(2)14)9(15)8-7(4)12-10(16)13-8/h3H,1H2,2H3,(H,11,14)(H2,12,13,16). The highest BCUT2D eigenvalue weighted by atomic mass is 16.2. The van der Waals surface area contributed by atoms with E-state index in [1.165, 1.54) is 13.0 Å². The molecule has 1 heterocycles. The molecule has 82 valence electrons. The lowest BCUT2D eigenvalue weighted by molar-refractivity contribution is -0.118. The van der Waals surface area contributed by atoms with Gasteiger partial charge >= 0.3 is 5.69 Å². The van der Waals surface area contributed by atoms with Gasteiger partial charge in [-0.1, -0.05) is 6.58 Å². The fraction of sp³-hybridized carbons (Fsp3) is 0.100. The van der Waals surface area contributed by atoms with Crippen molar-refractivity contribution in [2.75, 3.05) is 0 Å². The maximum atomic E-state index is 11.8. The molecule has 1 aromatic heterocycles. The molecule has 0 fully saturated rings. The molecule has 6 heteroatoms. The number of Topliss-reactive ketones (excluding diaryl/α,β-unsaturated/α-hetero) is 1. The number of carbonyl (C=O) groups excluding carboxylic acids is 2. The number of aromatic nitrogens is 2. The van der Waals surface area contributed by atoms with Crippen LogP contribution in [0.25, 0.3) is 5.57 Å². The van der Waals surface area contributed by atoms with Crippen molar-refractivity contribution < 1.29 is 9.59 Å². The minimum Gasteiger partial charge on any atom is -0.323 e. The third-order valence-electron chi connectivity index (χ3n) is 2.15. The number of amides is 1. The zero-order valence-corrected chi connectivity index (χ0v) is 8.51. The largest absolute Gasteiger partial charge is 0.323 e. The van der Waals surface area contributed by atoms with Crippen molar-refractivity contribution in [3.63, 3.8) is 0 Å². The van der Waals surface area contributed by atoms with E-state index in [9.17, 15) is 14.4 Å². The normalized spacial score (nSPS) is 14.4. The summed E-state index contributed by atoms with van der Waals surface area (Å²) in [6.45, 7) is 4.99. The summed E-state index contributed by atoms with van der Waals surface area (Å²) in [6.07, 6.45) is 1.43. The number of fused-ring (bicyclic) bond motifs is 1. The van der Waals surface area contributed by atoms with E-state index < -0.39 is 11.5 Å². The average Bonchev–Trinajstić information content (AvgIpc) is 2.56. The predicted molar refractivity (Wildman–Crippen MR) is 56.7 cm³/mol. The Kier molecular flexibility index (Phi) is 2.12. The van der Waals surface area contributed by atoms with Gasteiger partial charge in [-0.15, -0.1) is 0 Å². The van der Waals surface area contributed by atoms with Crippen molar-refractivity contribution in [1.82, 2.24) is 15.3 Å². The lowest BCUT2D eigenvalue weighted by atomic mass is 10.0. The van der Waals surface area contributed by atoms with Gasteiger partial charge in [0, 0.05) is 6.92 Å². The molecule has 1 aromatic rings. The first-order chi connectivity index (χ1) is 7.49. The van der Waals surface area contributed by atoms with E-state index >= 15 is 0 Å². The van der Waals surface area contributed by atoms with Gasteiger partial charge in [-0.3, -0.25) is 9.59 Å². The van der Waals surface area contributed by atoms with Crippen LogP contribution >= 0.6 is 0 Å². The Morgan fingerprint density at radius 1 is 1.31 bits per heavy atom. The maximum absolute atomic E-state index is 11.8. The van der Waals surface area contributed by atoms with Crippen LogP contribution in [-0.2, 0) is 4.79 Å². The Labute approximate surface area is 90.1 Å². The summed E-state index contributed by atoms with van der Waals surface area (Å²) in [7, 11) is 0. The van der Waals surface area contributed by atoms with Crippen LogP contribution in [-0.4, -0.2) is 21.7 Å². The van der Waals surface area contributed by atoms with E-state index in [1.807, 2.05) is 0 Å². The Morgan fingerprint density at radius 2 is 1.94 bits per heavy atom. The molecule has 0 unspecified atom stereocenters. The summed E-state index contributed by atoms with van der Waals surface area (Å²) >= 11 is 0. The van der Waals surface area contributed by atoms with Gasteiger partial charge in [-0.25, -0.2) is 4.79 Å². The third-order valence-corrected chi connectivity index (χ3v) is 2.15. The number of imidazole rings is 1. The molecule has 0 spiro atoms. The van der Waals surface area contributed by atoms with Gasteiger partial charge in [0.05, 0.1) is 11.4 Å². The fourth-order valence-corrected chi connectivity index (χ4v) is 1.52. The van der Waals surface area contributed by atoms with Crippen LogP contribution in [0.4, 0.5) is 0 Å². The lowest BCUT2D eigenvalue weighted by Crippen LogP contribution is -2.27. The van der Waals surface area contributed by atoms with Crippen molar-refractivity contribution in [3.05, 3.63) is 40.2 Å². The zero-order valence-electron chi connectivity index (χ0n) is 8.51. The van der Waals surface area contributed by atoms with Gasteiger partial charge < -0.3 is 15.3 Å². The summed E-state index contributed by atoms with van der Waals surface area (Å²) in [5.41, 5.74) is 0.597. The van der Waals surface area contributed by atoms with Crippen LogP contribution in [0, 0.1) is 0 Å². The van der Waals surface area contributed by atoms with Crippen LogP contribution in [0.5, 0.6) is 0 Å².